The second-order valence-corrected chi connectivity index (χ2v) is 3.82. The molecule has 0 bridgehead atoms. The van der Waals surface area contributed by atoms with Crippen LogP contribution in [0.5, 0.6) is 0 Å². The molecule has 1 N–H and O–H groups in total. The van der Waals surface area contributed by atoms with Crippen LogP contribution in [0.1, 0.15) is 42.1 Å². The SMILES string of the molecule is CCCCC=CCc1ccc(C(=O)O)cc1. The first-order valence-electron chi connectivity index (χ1n) is 5.71. The predicted molar refractivity (Wildman–Crippen MR) is 65.8 cm³/mol. The number of hydrogen-bond donors (Lipinski definition) is 1. The third-order valence-corrected chi connectivity index (χ3v) is 2.45. The smallest absolute Gasteiger partial charge is 0.335 e. The molecule has 0 aliphatic carbocycles. The van der Waals surface area contributed by atoms with E-state index < -0.39 is 5.97 Å². The Bertz CT molecular complexity index is 350. The van der Waals surface area contributed by atoms with E-state index in [1.54, 1.807) is 12.1 Å². The minimum Gasteiger partial charge on any atom is -0.478 e. The molecule has 16 heavy (non-hydrogen) atoms. The zero-order valence-electron chi connectivity index (χ0n) is 9.65. The van der Waals surface area contributed by atoms with E-state index in [1.807, 2.05) is 12.1 Å². The Morgan fingerprint density at radius 1 is 1.25 bits per heavy atom. The molecule has 0 fully saturated rings. The van der Waals surface area contributed by atoms with Crippen LogP contribution < -0.4 is 0 Å². The van der Waals surface area contributed by atoms with Crippen molar-refractivity contribution in [3.8, 4) is 0 Å². The molecule has 0 radical (unpaired) electrons. The van der Waals surface area contributed by atoms with Gasteiger partial charge in [-0.2, -0.15) is 0 Å². The Morgan fingerprint density at radius 2 is 1.94 bits per heavy atom. The van der Waals surface area contributed by atoms with Crippen LogP contribution in [0.15, 0.2) is 36.4 Å². The van der Waals surface area contributed by atoms with Gasteiger partial charge in [-0.1, -0.05) is 44.1 Å². The fourth-order valence-electron chi connectivity index (χ4n) is 1.44. The van der Waals surface area contributed by atoms with Crippen LogP contribution in [0.2, 0.25) is 0 Å². The number of carbonyl (C=O) groups is 1. The number of benzene rings is 1. The maximum Gasteiger partial charge on any atom is 0.335 e. The highest BCUT2D eigenvalue weighted by atomic mass is 16.4. The minimum atomic E-state index is -0.870. The number of carboxylic acid groups (broad SMARTS) is 1. The topological polar surface area (TPSA) is 37.3 Å². The Balaban J connectivity index is 2.43. The summed E-state index contributed by atoms with van der Waals surface area (Å²) in [4.78, 5) is 10.6. The quantitative estimate of drug-likeness (QED) is 0.584. The van der Waals surface area contributed by atoms with Crippen LogP contribution in [-0.4, -0.2) is 11.1 Å². The van der Waals surface area contributed by atoms with Gasteiger partial charge in [-0.15, -0.1) is 0 Å². The van der Waals surface area contributed by atoms with E-state index in [4.69, 9.17) is 5.11 Å². The summed E-state index contributed by atoms with van der Waals surface area (Å²) in [6.45, 7) is 2.18. The van der Waals surface area contributed by atoms with Crippen LogP contribution in [0.3, 0.4) is 0 Å². The predicted octanol–water partition coefficient (Wildman–Crippen LogP) is 3.67. The molecule has 1 rings (SSSR count). The van der Waals surface area contributed by atoms with Crippen LogP contribution in [0, 0.1) is 0 Å². The number of carboxylic acids is 1. The number of rotatable bonds is 6. The first-order valence-corrected chi connectivity index (χ1v) is 5.71. The second kappa shape index (κ2) is 6.83. The van der Waals surface area contributed by atoms with Crippen molar-refractivity contribution in [2.45, 2.75) is 32.6 Å². The zero-order chi connectivity index (χ0) is 11.8. The molecule has 2 heteroatoms. The van der Waals surface area contributed by atoms with Crippen molar-refractivity contribution in [1.82, 2.24) is 0 Å². The maximum atomic E-state index is 10.6. The fourth-order valence-corrected chi connectivity index (χ4v) is 1.44. The van der Waals surface area contributed by atoms with E-state index in [0.717, 1.165) is 18.4 Å². The van der Waals surface area contributed by atoms with Gasteiger partial charge in [0, 0.05) is 0 Å². The van der Waals surface area contributed by atoms with Crippen molar-refractivity contribution < 1.29 is 9.90 Å². The molecule has 0 aromatic heterocycles. The average Bonchev–Trinajstić information content (AvgIpc) is 2.29. The summed E-state index contributed by atoms with van der Waals surface area (Å²) in [6, 6.07) is 7.04. The number of aromatic carboxylic acids is 1. The van der Waals surface area contributed by atoms with Crippen molar-refractivity contribution in [1.29, 1.82) is 0 Å². The highest BCUT2D eigenvalue weighted by Crippen LogP contribution is 2.06. The van der Waals surface area contributed by atoms with Crippen molar-refractivity contribution in [3.05, 3.63) is 47.5 Å². The maximum absolute atomic E-state index is 10.6. The molecule has 0 saturated carbocycles. The van der Waals surface area contributed by atoms with Crippen molar-refractivity contribution in [3.63, 3.8) is 0 Å². The van der Waals surface area contributed by atoms with Gasteiger partial charge in [0.15, 0.2) is 0 Å². The summed E-state index contributed by atoms with van der Waals surface area (Å²) in [5.41, 5.74) is 1.50. The molecular weight excluding hydrogens is 200 g/mol. The zero-order valence-corrected chi connectivity index (χ0v) is 9.65. The Hall–Kier alpha value is -1.57. The lowest BCUT2D eigenvalue weighted by atomic mass is 10.1. The molecule has 0 heterocycles. The van der Waals surface area contributed by atoms with Gasteiger partial charge >= 0.3 is 5.97 Å². The van der Waals surface area contributed by atoms with E-state index >= 15 is 0 Å². The monoisotopic (exact) mass is 218 g/mol. The first-order chi connectivity index (χ1) is 7.74. The lowest BCUT2D eigenvalue weighted by Gasteiger charge is -1.98. The van der Waals surface area contributed by atoms with Gasteiger partial charge in [0.1, 0.15) is 0 Å². The normalized spacial score (nSPS) is 10.8. The minimum absolute atomic E-state index is 0.346. The molecule has 0 spiro atoms. The third-order valence-electron chi connectivity index (χ3n) is 2.45. The molecule has 1 aromatic carbocycles. The van der Waals surface area contributed by atoms with E-state index in [1.165, 1.54) is 12.8 Å². The van der Waals surface area contributed by atoms with Crippen LogP contribution in [0.25, 0.3) is 0 Å². The average molecular weight is 218 g/mol. The largest absolute Gasteiger partial charge is 0.478 e. The van der Waals surface area contributed by atoms with Gasteiger partial charge in [0.05, 0.1) is 5.56 Å². The first kappa shape index (κ1) is 12.5. The van der Waals surface area contributed by atoms with Gasteiger partial charge in [0.25, 0.3) is 0 Å². The van der Waals surface area contributed by atoms with Crippen LogP contribution >= 0.6 is 0 Å². The molecule has 0 aliphatic heterocycles. The number of hydrogen-bond acceptors (Lipinski definition) is 1. The summed E-state index contributed by atoms with van der Waals surface area (Å²) in [5, 5.41) is 8.73. The van der Waals surface area contributed by atoms with Crippen LogP contribution in [-0.2, 0) is 6.42 Å². The van der Waals surface area contributed by atoms with E-state index in [2.05, 4.69) is 19.1 Å². The Kier molecular flexibility index (Phi) is 5.34. The molecule has 2 nitrogen and oxygen atoms in total. The summed E-state index contributed by atoms with van der Waals surface area (Å²) in [5.74, 6) is -0.870. The molecule has 86 valence electrons. The van der Waals surface area contributed by atoms with Gasteiger partial charge in [0.2, 0.25) is 0 Å². The second-order valence-electron chi connectivity index (χ2n) is 3.82. The van der Waals surface area contributed by atoms with Gasteiger partial charge < -0.3 is 5.11 Å². The fraction of sp³-hybridized carbons (Fsp3) is 0.357. The van der Waals surface area contributed by atoms with E-state index in [-0.39, 0.29) is 0 Å². The van der Waals surface area contributed by atoms with Gasteiger partial charge in [-0.25, -0.2) is 4.79 Å². The lowest BCUT2D eigenvalue weighted by molar-refractivity contribution is 0.0697. The highest BCUT2D eigenvalue weighted by Gasteiger charge is 2.00. The van der Waals surface area contributed by atoms with E-state index in [9.17, 15) is 4.79 Å². The highest BCUT2D eigenvalue weighted by molar-refractivity contribution is 5.87. The van der Waals surface area contributed by atoms with Gasteiger partial charge in [-0.3, -0.25) is 0 Å². The van der Waals surface area contributed by atoms with Crippen molar-refractivity contribution in [2.75, 3.05) is 0 Å². The Labute approximate surface area is 96.6 Å². The molecule has 0 saturated heterocycles. The summed E-state index contributed by atoms with van der Waals surface area (Å²) >= 11 is 0. The molecular formula is C14H18O2. The third kappa shape index (κ3) is 4.30. The molecule has 1 aromatic rings. The molecule has 0 unspecified atom stereocenters. The van der Waals surface area contributed by atoms with Crippen LogP contribution in [0.4, 0.5) is 0 Å². The number of unbranched alkanes of at least 4 members (excludes halogenated alkanes) is 2. The summed E-state index contributed by atoms with van der Waals surface area (Å²) in [7, 11) is 0. The van der Waals surface area contributed by atoms with Crippen molar-refractivity contribution in [2.24, 2.45) is 0 Å². The lowest BCUT2D eigenvalue weighted by Crippen LogP contribution is -1.95. The number of allylic oxidation sites excluding steroid dienone is 2. The standard InChI is InChI=1S/C14H18O2/c1-2-3-4-5-6-7-12-8-10-13(11-9-12)14(15)16/h5-6,8-11H,2-4,7H2,1H3,(H,15,16). The summed E-state index contributed by atoms with van der Waals surface area (Å²) in [6.07, 6.45) is 8.79. The molecule has 0 amide bonds. The Morgan fingerprint density at radius 3 is 2.50 bits per heavy atom. The summed E-state index contributed by atoms with van der Waals surface area (Å²) < 4.78 is 0. The van der Waals surface area contributed by atoms with E-state index in [0.29, 0.717) is 5.56 Å². The van der Waals surface area contributed by atoms with Crippen molar-refractivity contribution >= 4 is 5.97 Å². The van der Waals surface area contributed by atoms with Gasteiger partial charge in [-0.05, 0) is 30.5 Å². The molecule has 0 atom stereocenters. The molecule has 0 aliphatic rings.